The number of likely N-dealkylation sites (N-methyl/N-ethyl adjacent to an activating group) is 1. The molecular weight excluding hydrogens is 361 g/mol. The van der Waals surface area contributed by atoms with Crippen molar-refractivity contribution in [3.63, 3.8) is 0 Å². The van der Waals surface area contributed by atoms with Crippen molar-refractivity contribution in [2.24, 2.45) is 0 Å². The summed E-state index contributed by atoms with van der Waals surface area (Å²) >= 11 is 11.5. The Labute approximate surface area is 136 Å². The van der Waals surface area contributed by atoms with Gasteiger partial charge in [-0.2, -0.15) is 0 Å². The summed E-state index contributed by atoms with van der Waals surface area (Å²) in [5.41, 5.74) is 2.03. The number of benzene rings is 1. The van der Waals surface area contributed by atoms with Crippen molar-refractivity contribution in [2.45, 2.75) is 26.3 Å². The molecule has 1 N–H and O–H groups in total. The Balaban J connectivity index is 2.30. The predicted octanol–water partition coefficient (Wildman–Crippen LogP) is 5.50. The quantitative estimate of drug-likeness (QED) is 0.726. The summed E-state index contributed by atoms with van der Waals surface area (Å²) < 4.78 is 14.3. The van der Waals surface area contributed by atoms with Gasteiger partial charge in [-0.1, -0.05) is 34.5 Å². The summed E-state index contributed by atoms with van der Waals surface area (Å²) in [6.07, 6.45) is 0.700. The van der Waals surface area contributed by atoms with E-state index in [1.54, 1.807) is 23.5 Å². The van der Waals surface area contributed by atoms with Gasteiger partial charge in [-0.25, -0.2) is 4.39 Å². The minimum atomic E-state index is -0.216. The highest BCUT2D eigenvalue weighted by Crippen LogP contribution is 2.35. The summed E-state index contributed by atoms with van der Waals surface area (Å²) in [6, 6.07) is 4.87. The molecule has 1 unspecified atom stereocenters. The summed E-state index contributed by atoms with van der Waals surface area (Å²) in [7, 11) is 0. The SMILES string of the molecule is CCNC(Cc1cc(F)ccc1Br)c1scc(C)c1Cl. The first-order valence-corrected chi connectivity index (χ1v) is 8.48. The molecule has 1 atom stereocenters. The van der Waals surface area contributed by atoms with E-state index < -0.39 is 0 Å². The fourth-order valence-corrected chi connectivity index (χ4v) is 3.92. The lowest BCUT2D eigenvalue weighted by atomic mass is 10.0. The van der Waals surface area contributed by atoms with Crippen LogP contribution in [-0.4, -0.2) is 6.54 Å². The van der Waals surface area contributed by atoms with Gasteiger partial charge in [-0.3, -0.25) is 0 Å². The second-order valence-electron chi connectivity index (χ2n) is 4.65. The Morgan fingerprint density at radius 2 is 2.20 bits per heavy atom. The second-order valence-corrected chi connectivity index (χ2v) is 6.79. The van der Waals surface area contributed by atoms with Crippen molar-refractivity contribution in [1.29, 1.82) is 0 Å². The van der Waals surface area contributed by atoms with E-state index >= 15 is 0 Å². The Morgan fingerprint density at radius 1 is 1.45 bits per heavy atom. The van der Waals surface area contributed by atoms with E-state index in [0.29, 0.717) is 6.42 Å². The van der Waals surface area contributed by atoms with Gasteiger partial charge in [0.05, 0.1) is 5.02 Å². The summed E-state index contributed by atoms with van der Waals surface area (Å²) in [6.45, 7) is 4.90. The summed E-state index contributed by atoms with van der Waals surface area (Å²) in [5.74, 6) is -0.216. The third-order valence-electron chi connectivity index (χ3n) is 3.12. The lowest BCUT2D eigenvalue weighted by molar-refractivity contribution is 0.553. The largest absolute Gasteiger partial charge is 0.309 e. The van der Waals surface area contributed by atoms with Crippen LogP contribution in [0.25, 0.3) is 0 Å². The highest BCUT2D eigenvalue weighted by Gasteiger charge is 2.19. The van der Waals surface area contributed by atoms with Crippen LogP contribution in [0.15, 0.2) is 28.1 Å². The first-order valence-electron chi connectivity index (χ1n) is 6.43. The molecule has 20 heavy (non-hydrogen) atoms. The molecule has 5 heteroatoms. The van der Waals surface area contributed by atoms with E-state index in [1.807, 2.05) is 6.92 Å². The summed E-state index contributed by atoms with van der Waals surface area (Å²) in [5, 5.41) is 6.30. The molecule has 1 aromatic heterocycles. The number of aryl methyl sites for hydroxylation is 1. The van der Waals surface area contributed by atoms with Crippen LogP contribution in [0.3, 0.4) is 0 Å². The van der Waals surface area contributed by atoms with Crippen LogP contribution in [0.4, 0.5) is 4.39 Å². The molecule has 1 heterocycles. The maximum absolute atomic E-state index is 13.4. The minimum Gasteiger partial charge on any atom is -0.309 e. The average Bonchev–Trinajstić information content (AvgIpc) is 2.74. The molecule has 0 bridgehead atoms. The van der Waals surface area contributed by atoms with Crippen molar-refractivity contribution in [1.82, 2.24) is 5.32 Å². The van der Waals surface area contributed by atoms with Gasteiger partial charge in [0.1, 0.15) is 5.82 Å². The van der Waals surface area contributed by atoms with E-state index in [4.69, 9.17) is 11.6 Å². The van der Waals surface area contributed by atoms with E-state index in [0.717, 1.165) is 32.0 Å². The molecule has 0 aliphatic carbocycles. The standard InChI is InChI=1S/C15H16BrClFNS/c1-3-19-13(15-14(17)9(2)8-20-15)7-10-6-11(18)4-5-12(10)16/h4-6,8,13,19H,3,7H2,1-2H3. The molecule has 0 radical (unpaired) electrons. The molecule has 1 nitrogen and oxygen atoms in total. The highest BCUT2D eigenvalue weighted by atomic mass is 79.9. The normalized spacial score (nSPS) is 12.7. The monoisotopic (exact) mass is 375 g/mol. The molecule has 0 spiro atoms. The minimum absolute atomic E-state index is 0.101. The number of thiophene rings is 1. The third kappa shape index (κ3) is 3.61. The van der Waals surface area contributed by atoms with Gasteiger partial charge in [0.25, 0.3) is 0 Å². The number of nitrogens with one attached hydrogen (secondary N) is 1. The Morgan fingerprint density at radius 3 is 2.80 bits per heavy atom. The first-order chi connectivity index (χ1) is 9.52. The fourth-order valence-electron chi connectivity index (χ4n) is 2.11. The fraction of sp³-hybridized carbons (Fsp3) is 0.333. The number of hydrogen-bond acceptors (Lipinski definition) is 2. The van der Waals surface area contributed by atoms with Crippen molar-refractivity contribution < 1.29 is 4.39 Å². The lowest BCUT2D eigenvalue weighted by Gasteiger charge is -2.18. The lowest BCUT2D eigenvalue weighted by Crippen LogP contribution is -2.22. The maximum Gasteiger partial charge on any atom is 0.123 e. The van der Waals surface area contributed by atoms with Crippen LogP contribution >= 0.6 is 38.9 Å². The van der Waals surface area contributed by atoms with Crippen LogP contribution in [0.1, 0.15) is 29.0 Å². The van der Waals surface area contributed by atoms with Crippen LogP contribution < -0.4 is 5.32 Å². The smallest absolute Gasteiger partial charge is 0.123 e. The Bertz CT molecular complexity index is 600. The van der Waals surface area contributed by atoms with E-state index in [-0.39, 0.29) is 11.9 Å². The third-order valence-corrected chi connectivity index (χ3v) is 5.73. The van der Waals surface area contributed by atoms with Crippen LogP contribution in [0.5, 0.6) is 0 Å². The van der Waals surface area contributed by atoms with Gasteiger partial charge in [0.2, 0.25) is 0 Å². The molecule has 2 rings (SSSR count). The zero-order chi connectivity index (χ0) is 14.7. The van der Waals surface area contributed by atoms with E-state index in [2.05, 4.69) is 33.6 Å². The molecule has 0 aliphatic rings. The topological polar surface area (TPSA) is 12.0 Å². The van der Waals surface area contributed by atoms with Crippen LogP contribution in [-0.2, 0) is 6.42 Å². The molecule has 0 aliphatic heterocycles. The number of rotatable bonds is 5. The molecule has 0 saturated heterocycles. The molecule has 1 aromatic carbocycles. The van der Waals surface area contributed by atoms with Crippen molar-refractivity contribution in [3.05, 3.63) is 54.9 Å². The zero-order valence-corrected chi connectivity index (χ0v) is 14.5. The number of halogens is 3. The molecule has 0 fully saturated rings. The van der Waals surface area contributed by atoms with Crippen LogP contribution in [0.2, 0.25) is 5.02 Å². The van der Waals surface area contributed by atoms with Gasteiger partial charge < -0.3 is 5.32 Å². The van der Waals surface area contributed by atoms with Gasteiger partial charge in [-0.05, 0) is 54.6 Å². The average molecular weight is 377 g/mol. The molecular formula is C15H16BrClFNS. The summed E-state index contributed by atoms with van der Waals surface area (Å²) in [4.78, 5) is 1.11. The first kappa shape index (κ1) is 16.0. The molecule has 0 saturated carbocycles. The number of hydrogen-bond donors (Lipinski definition) is 1. The van der Waals surface area contributed by atoms with Crippen molar-refractivity contribution in [3.8, 4) is 0 Å². The van der Waals surface area contributed by atoms with Crippen LogP contribution in [0, 0.1) is 12.7 Å². The zero-order valence-electron chi connectivity index (χ0n) is 11.3. The van der Waals surface area contributed by atoms with E-state index in [1.165, 1.54) is 6.07 Å². The molecule has 2 aromatic rings. The van der Waals surface area contributed by atoms with E-state index in [9.17, 15) is 4.39 Å². The van der Waals surface area contributed by atoms with Crippen molar-refractivity contribution in [2.75, 3.05) is 6.54 Å². The highest BCUT2D eigenvalue weighted by molar-refractivity contribution is 9.10. The maximum atomic E-state index is 13.4. The van der Waals surface area contributed by atoms with Crippen molar-refractivity contribution >= 4 is 38.9 Å². The van der Waals surface area contributed by atoms with Gasteiger partial charge in [0.15, 0.2) is 0 Å². The molecule has 108 valence electrons. The van der Waals surface area contributed by atoms with Gasteiger partial charge >= 0.3 is 0 Å². The molecule has 0 amide bonds. The second kappa shape index (κ2) is 7.03. The Hall–Kier alpha value is -0.420. The van der Waals surface area contributed by atoms with Gasteiger partial charge in [0, 0.05) is 15.4 Å². The van der Waals surface area contributed by atoms with Gasteiger partial charge in [-0.15, -0.1) is 11.3 Å². The Kier molecular flexibility index (Phi) is 5.61. The predicted molar refractivity (Wildman–Crippen MR) is 88.3 cm³/mol.